The molecule has 1 aromatic rings. The number of hydrogen-bond donors (Lipinski definition) is 2. The predicted molar refractivity (Wildman–Crippen MR) is 77.3 cm³/mol. The highest BCUT2D eigenvalue weighted by atomic mass is 16.5. The van der Waals surface area contributed by atoms with E-state index in [9.17, 15) is 4.79 Å². The number of hydrogen-bond acceptors (Lipinski definition) is 3. The van der Waals surface area contributed by atoms with E-state index in [2.05, 4.69) is 10.6 Å². The summed E-state index contributed by atoms with van der Waals surface area (Å²) in [6, 6.07) is 7.98. The van der Waals surface area contributed by atoms with Crippen molar-refractivity contribution < 1.29 is 9.53 Å². The molecule has 19 heavy (non-hydrogen) atoms. The first-order valence-electron chi connectivity index (χ1n) is 6.90. The SMILES string of the molecule is CCCNC(=O)CNC(C)c1ccccc1OCC. The number of ether oxygens (including phenoxy) is 1. The van der Waals surface area contributed by atoms with E-state index < -0.39 is 0 Å². The molecule has 106 valence electrons. The van der Waals surface area contributed by atoms with Crippen LogP contribution in [0.4, 0.5) is 0 Å². The van der Waals surface area contributed by atoms with E-state index in [0.29, 0.717) is 13.2 Å². The van der Waals surface area contributed by atoms with Gasteiger partial charge in [0.25, 0.3) is 0 Å². The molecule has 1 aromatic carbocycles. The highest BCUT2D eigenvalue weighted by Crippen LogP contribution is 2.24. The predicted octanol–water partition coefficient (Wildman–Crippen LogP) is 2.26. The molecule has 1 rings (SSSR count). The van der Waals surface area contributed by atoms with Crippen molar-refractivity contribution in [3.63, 3.8) is 0 Å². The van der Waals surface area contributed by atoms with Crippen molar-refractivity contribution in [1.82, 2.24) is 10.6 Å². The monoisotopic (exact) mass is 264 g/mol. The third-order valence-electron chi connectivity index (χ3n) is 2.83. The van der Waals surface area contributed by atoms with Gasteiger partial charge in [0, 0.05) is 18.2 Å². The number of para-hydroxylation sites is 1. The van der Waals surface area contributed by atoms with Crippen molar-refractivity contribution in [3.05, 3.63) is 29.8 Å². The summed E-state index contributed by atoms with van der Waals surface area (Å²) in [6.45, 7) is 7.72. The Hall–Kier alpha value is -1.55. The summed E-state index contributed by atoms with van der Waals surface area (Å²) in [5.74, 6) is 0.904. The van der Waals surface area contributed by atoms with Crippen LogP contribution in [0.25, 0.3) is 0 Å². The van der Waals surface area contributed by atoms with Crippen LogP contribution < -0.4 is 15.4 Å². The van der Waals surface area contributed by atoms with E-state index in [1.54, 1.807) is 0 Å². The van der Waals surface area contributed by atoms with Gasteiger partial charge in [-0.2, -0.15) is 0 Å². The average molecular weight is 264 g/mol. The molecule has 0 aliphatic rings. The standard InChI is InChI=1S/C15H24N2O2/c1-4-10-16-15(18)11-17-12(3)13-8-6-7-9-14(13)19-5-2/h6-9,12,17H,4-5,10-11H2,1-3H3,(H,16,18). The molecule has 0 aromatic heterocycles. The van der Waals surface area contributed by atoms with Crippen molar-refractivity contribution in [3.8, 4) is 5.75 Å². The first-order chi connectivity index (χ1) is 9.19. The Balaban J connectivity index is 2.53. The number of nitrogens with one attached hydrogen (secondary N) is 2. The number of carbonyl (C=O) groups excluding carboxylic acids is 1. The third kappa shape index (κ3) is 5.30. The van der Waals surface area contributed by atoms with Gasteiger partial charge in [-0.25, -0.2) is 0 Å². The van der Waals surface area contributed by atoms with Gasteiger partial charge in [0.05, 0.1) is 13.2 Å². The molecule has 0 saturated heterocycles. The molecule has 1 unspecified atom stereocenters. The Bertz CT molecular complexity index is 393. The molecular formula is C15H24N2O2. The lowest BCUT2D eigenvalue weighted by Gasteiger charge is -2.17. The number of benzene rings is 1. The smallest absolute Gasteiger partial charge is 0.233 e. The van der Waals surface area contributed by atoms with Gasteiger partial charge in [-0.3, -0.25) is 4.79 Å². The van der Waals surface area contributed by atoms with Crippen molar-refractivity contribution in [2.24, 2.45) is 0 Å². The molecule has 2 N–H and O–H groups in total. The summed E-state index contributed by atoms with van der Waals surface area (Å²) < 4.78 is 5.59. The maximum absolute atomic E-state index is 11.5. The maximum atomic E-state index is 11.5. The van der Waals surface area contributed by atoms with Gasteiger partial charge >= 0.3 is 0 Å². The van der Waals surface area contributed by atoms with E-state index in [1.165, 1.54) is 0 Å². The van der Waals surface area contributed by atoms with Gasteiger partial charge in [-0.05, 0) is 26.3 Å². The number of carbonyl (C=O) groups is 1. The molecule has 1 amide bonds. The zero-order valence-corrected chi connectivity index (χ0v) is 12.0. The summed E-state index contributed by atoms with van der Waals surface area (Å²) in [6.07, 6.45) is 0.953. The summed E-state index contributed by atoms with van der Waals surface area (Å²) in [7, 11) is 0. The molecule has 0 radical (unpaired) electrons. The van der Waals surface area contributed by atoms with E-state index in [4.69, 9.17) is 4.74 Å². The Morgan fingerprint density at radius 1 is 1.32 bits per heavy atom. The molecule has 0 spiro atoms. The molecule has 1 atom stereocenters. The summed E-state index contributed by atoms with van der Waals surface area (Å²) >= 11 is 0. The second-order valence-corrected chi connectivity index (χ2v) is 4.42. The molecule has 0 saturated carbocycles. The van der Waals surface area contributed by atoms with Crippen LogP contribution in [0, 0.1) is 0 Å². The first-order valence-corrected chi connectivity index (χ1v) is 6.90. The fraction of sp³-hybridized carbons (Fsp3) is 0.533. The second-order valence-electron chi connectivity index (χ2n) is 4.42. The van der Waals surface area contributed by atoms with E-state index in [0.717, 1.165) is 24.3 Å². The molecule has 0 bridgehead atoms. The molecule has 4 heteroatoms. The van der Waals surface area contributed by atoms with Crippen molar-refractivity contribution >= 4 is 5.91 Å². The normalized spacial score (nSPS) is 11.9. The van der Waals surface area contributed by atoms with Gasteiger partial charge < -0.3 is 15.4 Å². The van der Waals surface area contributed by atoms with Crippen LogP contribution >= 0.6 is 0 Å². The Morgan fingerprint density at radius 2 is 2.05 bits per heavy atom. The van der Waals surface area contributed by atoms with Crippen LogP contribution in [-0.2, 0) is 4.79 Å². The van der Waals surface area contributed by atoms with Crippen LogP contribution in [0.1, 0.15) is 38.8 Å². The van der Waals surface area contributed by atoms with Gasteiger partial charge in [0.1, 0.15) is 5.75 Å². The Morgan fingerprint density at radius 3 is 2.74 bits per heavy atom. The molecule has 0 heterocycles. The lowest BCUT2D eigenvalue weighted by Crippen LogP contribution is -2.35. The van der Waals surface area contributed by atoms with E-state index >= 15 is 0 Å². The van der Waals surface area contributed by atoms with Crippen LogP contribution in [-0.4, -0.2) is 25.6 Å². The van der Waals surface area contributed by atoms with Gasteiger partial charge in [0.15, 0.2) is 0 Å². The Labute approximate surface area is 115 Å². The highest BCUT2D eigenvalue weighted by Gasteiger charge is 2.11. The van der Waals surface area contributed by atoms with Crippen molar-refractivity contribution in [1.29, 1.82) is 0 Å². The minimum absolute atomic E-state index is 0.0302. The van der Waals surface area contributed by atoms with Crippen LogP contribution in [0.2, 0.25) is 0 Å². The maximum Gasteiger partial charge on any atom is 0.233 e. The molecule has 0 aliphatic carbocycles. The quantitative estimate of drug-likeness (QED) is 0.757. The number of rotatable bonds is 8. The van der Waals surface area contributed by atoms with E-state index in [-0.39, 0.29) is 11.9 Å². The van der Waals surface area contributed by atoms with Crippen molar-refractivity contribution in [2.75, 3.05) is 19.7 Å². The van der Waals surface area contributed by atoms with E-state index in [1.807, 2.05) is 45.0 Å². The van der Waals surface area contributed by atoms with Crippen LogP contribution in [0.5, 0.6) is 5.75 Å². The first kappa shape index (κ1) is 15.5. The molecule has 0 fully saturated rings. The Kier molecular flexibility index (Phi) is 6.97. The minimum Gasteiger partial charge on any atom is -0.494 e. The second kappa shape index (κ2) is 8.53. The lowest BCUT2D eigenvalue weighted by molar-refractivity contribution is -0.120. The topological polar surface area (TPSA) is 50.4 Å². The van der Waals surface area contributed by atoms with Crippen LogP contribution in [0.3, 0.4) is 0 Å². The van der Waals surface area contributed by atoms with Crippen molar-refractivity contribution in [2.45, 2.75) is 33.2 Å². The lowest BCUT2D eigenvalue weighted by atomic mass is 10.1. The fourth-order valence-electron chi connectivity index (χ4n) is 1.81. The summed E-state index contributed by atoms with van der Waals surface area (Å²) in [5, 5.41) is 6.06. The molecular weight excluding hydrogens is 240 g/mol. The highest BCUT2D eigenvalue weighted by molar-refractivity contribution is 5.78. The zero-order valence-electron chi connectivity index (χ0n) is 12.0. The summed E-state index contributed by atoms with van der Waals surface area (Å²) in [4.78, 5) is 11.5. The molecule has 4 nitrogen and oxygen atoms in total. The number of amides is 1. The largest absolute Gasteiger partial charge is 0.494 e. The fourth-order valence-corrected chi connectivity index (χ4v) is 1.81. The van der Waals surface area contributed by atoms with Gasteiger partial charge in [-0.1, -0.05) is 25.1 Å². The third-order valence-corrected chi connectivity index (χ3v) is 2.83. The summed E-state index contributed by atoms with van der Waals surface area (Å²) in [5.41, 5.74) is 1.08. The van der Waals surface area contributed by atoms with Gasteiger partial charge in [0.2, 0.25) is 5.91 Å². The minimum atomic E-state index is 0.0302. The van der Waals surface area contributed by atoms with Crippen LogP contribution in [0.15, 0.2) is 24.3 Å². The molecule has 0 aliphatic heterocycles. The van der Waals surface area contributed by atoms with Gasteiger partial charge in [-0.15, -0.1) is 0 Å². The average Bonchev–Trinajstić information content (AvgIpc) is 2.43. The zero-order chi connectivity index (χ0) is 14.1.